The molecule has 0 N–H and O–H groups in total. The van der Waals surface area contributed by atoms with E-state index in [0.29, 0.717) is 6.54 Å². The third kappa shape index (κ3) is 3.03. The number of benzene rings is 1. The molecule has 0 atom stereocenters. The summed E-state index contributed by atoms with van der Waals surface area (Å²) < 4.78 is 26.3. The van der Waals surface area contributed by atoms with Crippen molar-refractivity contribution in [2.75, 3.05) is 18.9 Å². The van der Waals surface area contributed by atoms with Crippen LogP contribution in [0.4, 0.5) is 8.78 Å². The van der Waals surface area contributed by atoms with E-state index in [9.17, 15) is 8.78 Å². The van der Waals surface area contributed by atoms with Crippen molar-refractivity contribution in [2.24, 2.45) is 0 Å². The molecule has 0 aromatic heterocycles. The second-order valence-corrected chi connectivity index (χ2v) is 3.92. The molecule has 0 aliphatic carbocycles. The predicted molar refractivity (Wildman–Crippen MR) is 56.5 cm³/mol. The second-order valence-electron chi connectivity index (χ2n) is 3.13. The van der Waals surface area contributed by atoms with Crippen LogP contribution in [0.1, 0.15) is 5.56 Å². The molecule has 4 heteroatoms. The van der Waals surface area contributed by atoms with Crippen LogP contribution in [0.15, 0.2) is 18.2 Å². The van der Waals surface area contributed by atoms with Gasteiger partial charge in [0.25, 0.3) is 0 Å². The Bertz CT molecular complexity index is 284. The monoisotopic (exact) mass is 263 g/mol. The van der Waals surface area contributed by atoms with Crippen molar-refractivity contribution < 1.29 is 8.78 Å². The quantitative estimate of drug-likeness (QED) is 0.756. The van der Waals surface area contributed by atoms with Gasteiger partial charge in [-0.25, -0.2) is 8.78 Å². The van der Waals surface area contributed by atoms with Gasteiger partial charge in [-0.05, 0) is 19.2 Å². The van der Waals surface area contributed by atoms with E-state index in [1.165, 1.54) is 18.2 Å². The van der Waals surface area contributed by atoms with Crippen LogP contribution in [0.2, 0.25) is 0 Å². The van der Waals surface area contributed by atoms with E-state index in [1.807, 2.05) is 11.9 Å². The standard InChI is InChI=1S/C10H12BrF2N/c1-14(6-5-11)7-8-9(12)3-2-4-10(8)13/h2-4H,5-7H2,1H3. The molecule has 1 nitrogen and oxygen atoms in total. The Morgan fingerprint density at radius 2 is 1.86 bits per heavy atom. The molecule has 0 aliphatic rings. The van der Waals surface area contributed by atoms with Crippen molar-refractivity contribution in [3.05, 3.63) is 35.4 Å². The van der Waals surface area contributed by atoms with Gasteiger partial charge in [0.05, 0.1) is 0 Å². The van der Waals surface area contributed by atoms with E-state index in [0.717, 1.165) is 11.9 Å². The number of alkyl halides is 1. The Balaban J connectivity index is 2.75. The van der Waals surface area contributed by atoms with E-state index < -0.39 is 11.6 Å². The van der Waals surface area contributed by atoms with E-state index >= 15 is 0 Å². The molecule has 1 aromatic rings. The Hall–Kier alpha value is -0.480. The molecule has 0 radical (unpaired) electrons. The van der Waals surface area contributed by atoms with Crippen molar-refractivity contribution in [3.8, 4) is 0 Å². The average molecular weight is 264 g/mol. The minimum absolute atomic E-state index is 0.135. The lowest BCUT2D eigenvalue weighted by molar-refractivity contribution is 0.335. The van der Waals surface area contributed by atoms with Crippen molar-refractivity contribution in [1.29, 1.82) is 0 Å². The SMILES string of the molecule is CN(CCBr)Cc1c(F)cccc1F. The summed E-state index contributed by atoms with van der Waals surface area (Å²) in [4.78, 5) is 1.86. The lowest BCUT2D eigenvalue weighted by atomic mass is 10.2. The fourth-order valence-corrected chi connectivity index (χ4v) is 1.78. The van der Waals surface area contributed by atoms with Crippen LogP contribution >= 0.6 is 15.9 Å². The van der Waals surface area contributed by atoms with Gasteiger partial charge in [0.15, 0.2) is 0 Å². The van der Waals surface area contributed by atoms with Crippen LogP contribution in [0.5, 0.6) is 0 Å². The molecule has 0 bridgehead atoms. The average Bonchev–Trinajstić information content (AvgIpc) is 2.12. The summed E-state index contributed by atoms with van der Waals surface area (Å²) in [7, 11) is 1.83. The predicted octanol–water partition coefficient (Wildman–Crippen LogP) is 2.79. The molecule has 1 aromatic carbocycles. The molecule has 1 rings (SSSR count). The molecule has 0 heterocycles. The molecule has 0 spiro atoms. The molecule has 0 amide bonds. The largest absolute Gasteiger partial charge is 0.301 e. The lowest BCUT2D eigenvalue weighted by Crippen LogP contribution is -2.21. The third-order valence-corrected chi connectivity index (χ3v) is 2.31. The third-order valence-electron chi connectivity index (χ3n) is 1.96. The molecule has 78 valence electrons. The van der Waals surface area contributed by atoms with Crippen LogP contribution in [0.25, 0.3) is 0 Å². The zero-order chi connectivity index (χ0) is 10.6. The number of hydrogen-bond acceptors (Lipinski definition) is 1. The molecule has 14 heavy (non-hydrogen) atoms. The normalized spacial score (nSPS) is 10.9. The van der Waals surface area contributed by atoms with Gasteiger partial charge in [0, 0.05) is 24.0 Å². The Morgan fingerprint density at radius 3 is 2.36 bits per heavy atom. The molecule has 0 fully saturated rings. The summed E-state index contributed by atoms with van der Waals surface area (Å²) >= 11 is 3.27. The maximum Gasteiger partial charge on any atom is 0.130 e. The summed E-state index contributed by atoms with van der Waals surface area (Å²) in [5.41, 5.74) is 0.135. The van der Waals surface area contributed by atoms with Crippen molar-refractivity contribution in [2.45, 2.75) is 6.54 Å². The minimum Gasteiger partial charge on any atom is -0.301 e. The first-order chi connectivity index (χ1) is 6.65. The Kier molecular flexibility index (Phi) is 4.48. The van der Waals surface area contributed by atoms with E-state index in [-0.39, 0.29) is 5.56 Å². The second kappa shape index (κ2) is 5.41. The molecular formula is C10H12BrF2N. The molecule has 0 saturated carbocycles. The smallest absolute Gasteiger partial charge is 0.130 e. The first kappa shape index (κ1) is 11.6. The summed E-state index contributed by atoms with van der Waals surface area (Å²) in [6.07, 6.45) is 0. The molecular weight excluding hydrogens is 252 g/mol. The van der Waals surface area contributed by atoms with Crippen LogP contribution in [-0.2, 0) is 6.54 Å². The Morgan fingerprint density at radius 1 is 1.29 bits per heavy atom. The maximum absolute atomic E-state index is 13.2. The van der Waals surface area contributed by atoms with Crippen molar-refractivity contribution in [1.82, 2.24) is 4.90 Å². The van der Waals surface area contributed by atoms with Gasteiger partial charge in [-0.3, -0.25) is 0 Å². The Labute approximate surface area is 90.8 Å². The minimum atomic E-state index is -0.480. The first-order valence-corrected chi connectivity index (χ1v) is 5.44. The summed E-state index contributed by atoms with van der Waals surface area (Å²) in [6, 6.07) is 3.93. The van der Waals surface area contributed by atoms with E-state index in [2.05, 4.69) is 15.9 Å². The number of nitrogens with zero attached hydrogens (tertiary/aromatic N) is 1. The highest BCUT2D eigenvalue weighted by molar-refractivity contribution is 9.09. The molecule has 0 aliphatic heterocycles. The van der Waals surface area contributed by atoms with Crippen LogP contribution in [0.3, 0.4) is 0 Å². The van der Waals surface area contributed by atoms with Gasteiger partial charge in [-0.2, -0.15) is 0 Å². The highest BCUT2D eigenvalue weighted by atomic mass is 79.9. The van der Waals surface area contributed by atoms with Gasteiger partial charge >= 0.3 is 0 Å². The fourth-order valence-electron chi connectivity index (χ4n) is 1.18. The van der Waals surface area contributed by atoms with Crippen LogP contribution < -0.4 is 0 Å². The molecule has 0 saturated heterocycles. The fraction of sp³-hybridized carbons (Fsp3) is 0.400. The summed E-state index contributed by atoms with van der Waals surface area (Å²) in [5, 5.41) is 0.791. The lowest BCUT2D eigenvalue weighted by Gasteiger charge is -2.15. The number of hydrogen-bond donors (Lipinski definition) is 0. The van der Waals surface area contributed by atoms with Gasteiger partial charge in [0.1, 0.15) is 11.6 Å². The zero-order valence-corrected chi connectivity index (χ0v) is 9.52. The van der Waals surface area contributed by atoms with Gasteiger partial charge in [0.2, 0.25) is 0 Å². The van der Waals surface area contributed by atoms with E-state index in [4.69, 9.17) is 0 Å². The summed E-state index contributed by atoms with van der Waals surface area (Å²) in [6.45, 7) is 1.05. The van der Waals surface area contributed by atoms with Gasteiger partial charge in [-0.15, -0.1) is 0 Å². The topological polar surface area (TPSA) is 3.24 Å². The van der Waals surface area contributed by atoms with Gasteiger partial charge < -0.3 is 4.90 Å². The van der Waals surface area contributed by atoms with Crippen LogP contribution in [0, 0.1) is 11.6 Å². The van der Waals surface area contributed by atoms with Crippen molar-refractivity contribution in [3.63, 3.8) is 0 Å². The maximum atomic E-state index is 13.2. The van der Waals surface area contributed by atoms with Gasteiger partial charge in [-0.1, -0.05) is 22.0 Å². The summed E-state index contributed by atoms with van der Waals surface area (Å²) in [5.74, 6) is -0.960. The first-order valence-electron chi connectivity index (χ1n) is 4.32. The number of rotatable bonds is 4. The highest BCUT2D eigenvalue weighted by Crippen LogP contribution is 2.13. The highest BCUT2D eigenvalue weighted by Gasteiger charge is 2.09. The zero-order valence-electron chi connectivity index (χ0n) is 7.93. The van der Waals surface area contributed by atoms with Crippen LogP contribution in [-0.4, -0.2) is 23.8 Å². The van der Waals surface area contributed by atoms with Crippen molar-refractivity contribution >= 4 is 15.9 Å². The molecule has 0 unspecified atom stereocenters. The van der Waals surface area contributed by atoms with E-state index in [1.54, 1.807) is 0 Å². The number of halogens is 3.